The number of carbonyl (C=O) groups is 2. The summed E-state index contributed by atoms with van der Waals surface area (Å²) < 4.78 is 26.2. The molecule has 1 aliphatic heterocycles. The molecule has 6 nitrogen and oxygen atoms in total. The van der Waals surface area contributed by atoms with Gasteiger partial charge in [-0.3, -0.25) is 4.90 Å². The molecule has 1 amide bonds. The summed E-state index contributed by atoms with van der Waals surface area (Å²) in [5.74, 6) is -1.21. The van der Waals surface area contributed by atoms with Crippen molar-refractivity contribution in [2.24, 2.45) is 5.73 Å². The zero-order chi connectivity index (χ0) is 24.0. The Hall–Kier alpha value is -3.19. The summed E-state index contributed by atoms with van der Waals surface area (Å²) in [7, 11) is 0. The Morgan fingerprint density at radius 3 is 2.21 bits per heavy atom. The van der Waals surface area contributed by atoms with Crippen molar-refractivity contribution in [3.8, 4) is 0 Å². The van der Waals surface area contributed by atoms with Gasteiger partial charge in [-0.15, -0.1) is 0 Å². The minimum atomic E-state index is -1.18. The van der Waals surface area contributed by atoms with E-state index in [4.69, 9.17) is 15.2 Å². The van der Waals surface area contributed by atoms with Crippen molar-refractivity contribution < 1.29 is 23.5 Å². The van der Waals surface area contributed by atoms with Gasteiger partial charge in [0, 0.05) is 6.42 Å². The van der Waals surface area contributed by atoms with Gasteiger partial charge in [0.25, 0.3) is 0 Å². The van der Waals surface area contributed by atoms with Crippen LogP contribution in [0.2, 0.25) is 0 Å². The van der Waals surface area contributed by atoms with E-state index in [2.05, 4.69) is 0 Å². The van der Waals surface area contributed by atoms with E-state index in [1.165, 1.54) is 11.0 Å². The molecule has 2 N–H and O–H groups in total. The molecule has 0 spiro atoms. The van der Waals surface area contributed by atoms with Crippen LogP contribution in [-0.4, -0.2) is 35.2 Å². The van der Waals surface area contributed by atoms with Crippen molar-refractivity contribution in [2.45, 2.75) is 57.4 Å². The highest BCUT2D eigenvalue weighted by molar-refractivity contribution is 5.84. The number of benzene rings is 2. The minimum Gasteiger partial charge on any atom is -0.453 e. The fraction of sp³-hybridized carbons (Fsp3) is 0.385. The lowest BCUT2D eigenvalue weighted by Gasteiger charge is -2.45. The number of amides is 1. The number of nitrogens with two attached hydrogens (primary N) is 1. The van der Waals surface area contributed by atoms with Gasteiger partial charge < -0.3 is 15.2 Å². The number of hydrogen-bond acceptors (Lipinski definition) is 5. The molecule has 3 atom stereocenters. The third-order valence-corrected chi connectivity index (χ3v) is 5.23. The highest BCUT2D eigenvalue weighted by Crippen LogP contribution is 2.44. The second-order valence-electron chi connectivity index (χ2n) is 8.96. The number of cyclic esters (lactones) is 1. The van der Waals surface area contributed by atoms with Crippen LogP contribution in [0.3, 0.4) is 0 Å². The second kappa shape index (κ2) is 10.6. The Bertz CT molecular complexity index is 973. The molecular formula is C26H31FN2O4. The van der Waals surface area contributed by atoms with E-state index in [0.29, 0.717) is 6.42 Å². The van der Waals surface area contributed by atoms with E-state index in [-0.39, 0.29) is 13.0 Å². The van der Waals surface area contributed by atoms with Gasteiger partial charge in [0.2, 0.25) is 0 Å². The fourth-order valence-electron chi connectivity index (χ4n) is 3.85. The van der Waals surface area contributed by atoms with Crippen LogP contribution in [0.1, 0.15) is 56.9 Å². The molecule has 2 aromatic rings. The maximum atomic E-state index is 14.7. The first-order valence-corrected chi connectivity index (χ1v) is 11.1. The van der Waals surface area contributed by atoms with Crippen LogP contribution in [0.5, 0.6) is 0 Å². The van der Waals surface area contributed by atoms with Crippen molar-refractivity contribution in [1.82, 2.24) is 4.90 Å². The summed E-state index contributed by atoms with van der Waals surface area (Å²) in [5, 5.41) is 0. The SMILES string of the molecule is CC(C)(C)OC(=O)N1C(C/C(F)=C/CCN)C(=O)OC(c2ccccc2)C1c1ccccc1. The van der Waals surface area contributed by atoms with Gasteiger partial charge in [-0.05, 0) is 44.9 Å². The quantitative estimate of drug-likeness (QED) is 0.605. The molecule has 0 radical (unpaired) electrons. The minimum absolute atomic E-state index is 0.279. The first-order valence-electron chi connectivity index (χ1n) is 11.1. The monoisotopic (exact) mass is 454 g/mol. The predicted octanol–water partition coefficient (Wildman–Crippen LogP) is 5.22. The van der Waals surface area contributed by atoms with E-state index in [9.17, 15) is 14.0 Å². The molecule has 3 rings (SSSR count). The summed E-state index contributed by atoms with van der Waals surface area (Å²) >= 11 is 0. The number of esters is 1. The molecule has 1 aliphatic rings. The molecule has 7 heteroatoms. The average Bonchev–Trinajstić information content (AvgIpc) is 2.78. The Morgan fingerprint density at radius 1 is 1.09 bits per heavy atom. The Balaban J connectivity index is 2.11. The number of nitrogens with zero attached hydrogens (tertiary/aromatic N) is 1. The highest BCUT2D eigenvalue weighted by atomic mass is 19.1. The molecule has 1 heterocycles. The number of morpholine rings is 1. The van der Waals surface area contributed by atoms with Gasteiger partial charge in [-0.2, -0.15) is 0 Å². The fourth-order valence-corrected chi connectivity index (χ4v) is 3.85. The molecule has 176 valence electrons. The average molecular weight is 455 g/mol. The molecule has 0 saturated carbocycles. The van der Waals surface area contributed by atoms with Gasteiger partial charge in [0.05, 0.1) is 5.83 Å². The van der Waals surface area contributed by atoms with Gasteiger partial charge in [0.15, 0.2) is 6.10 Å². The molecule has 3 unspecified atom stereocenters. The first kappa shape index (κ1) is 24.5. The molecule has 0 bridgehead atoms. The molecule has 1 fully saturated rings. The van der Waals surface area contributed by atoms with Crippen LogP contribution in [-0.2, 0) is 14.3 Å². The molecule has 1 saturated heterocycles. The topological polar surface area (TPSA) is 81.9 Å². The third-order valence-electron chi connectivity index (χ3n) is 5.23. The van der Waals surface area contributed by atoms with E-state index in [1.54, 1.807) is 20.8 Å². The summed E-state index contributed by atoms with van der Waals surface area (Å²) in [5.41, 5.74) is 6.15. The van der Waals surface area contributed by atoms with Crippen LogP contribution >= 0.6 is 0 Å². The van der Waals surface area contributed by atoms with Crippen LogP contribution < -0.4 is 5.73 Å². The van der Waals surface area contributed by atoms with Crippen molar-refractivity contribution >= 4 is 12.1 Å². The van der Waals surface area contributed by atoms with Crippen LogP contribution in [0, 0.1) is 0 Å². The lowest BCUT2D eigenvalue weighted by molar-refractivity contribution is -0.174. The van der Waals surface area contributed by atoms with E-state index in [0.717, 1.165) is 11.1 Å². The van der Waals surface area contributed by atoms with Crippen molar-refractivity contribution in [2.75, 3.05) is 6.54 Å². The molecule has 33 heavy (non-hydrogen) atoms. The number of halogens is 1. The van der Waals surface area contributed by atoms with Gasteiger partial charge in [0.1, 0.15) is 17.7 Å². The van der Waals surface area contributed by atoms with E-state index >= 15 is 0 Å². The molecule has 0 aromatic heterocycles. The largest absolute Gasteiger partial charge is 0.453 e. The van der Waals surface area contributed by atoms with Gasteiger partial charge in [-0.1, -0.05) is 66.7 Å². The zero-order valence-corrected chi connectivity index (χ0v) is 19.2. The number of hydrogen-bond donors (Lipinski definition) is 1. The predicted molar refractivity (Wildman–Crippen MR) is 124 cm³/mol. The summed E-state index contributed by atoms with van der Waals surface area (Å²) in [6, 6.07) is 16.6. The first-order chi connectivity index (χ1) is 15.7. The standard InChI is InChI=1S/C26H31FN2O4/c1-26(2,3)33-25(31)29-21(17-20(27)15-10-16-28)24(30)32-23(19-13-8-5-9-14-19)22(29)18-11-6-4-7-12-18/h4-9,11-15,21-23H,10,16-17,28H2,1-3H3/b20-15-. The lowest BCUT2D eigenvalue weighted by atomic mass is 9.90. The zero-order valence-electron chi connectivity index (χ0n) is 19.2. The number of ether oxygens (including phenoxy) is 2. The van der Waals surface area contributed by atoms with Crippen molar-refractivity contribution in [3.63, 3.8) is 0 Å². The second-order valence-corrected chi connectivity index (χ2v) is 8.96. The van der Waals surface area contributed by atoms with Crippen LogP contribution in [0.15, 0.2) is 72.6 Å². The van der Waals surface area contributed by atoms with Crippen LogP contribution in [0.25, 0.3) is 0 Å². The molecule has 0 aliphatic carbocycles. The lowest BCUT2D eigenvalue weighted by Crippen LogP contribution is -2.55. The van der Waals surface area contributed by atoms with Crippen molar-refractivity contribution in [3.05, 3.63) is 83.7 Å². The Morgan fingerprint density at radius 2 is 1.67 bits per heavy atom. The summed E-state index contributed by atoms with van der Waals surface area (Å²) in [4.78, 5) is 27.9. The summed E-state index contributed by atoms with van der Waals surface area (Å²) in [6.45, 7) is 5.52. The number of rotatable bonds is 6. The Labute approximate surface area is 194 Å². The van der Waals surface area contributed by atoms with Gasteiger partial charge >= 0.3 is 12.1 Å². The highest BCUT2D eigenvalue weighted by Gasteiger charge is 2.49. The molecular weight excluding hydrogens is 423 g/mol. The van der Waals surface area contributed by atoms with Crippen molar-refractivity contribution in [1.29, 1.82) is 0 Å². The summed E-state index contributed by atoms with van der Waals surface area (Å²) in [6.07, 6.45) is -0.134. The van der Waals surface area contributed by atoms with E-state index in [1.807, 2.05) is 60.7 Å². The van der Waals surface area contributed by atoms with Crippen LogP contribution in [0.4, 0.5) is 9.18 Å². The normalized spacial score (nSPS) is 21.5. The number of carbonyl (C=O) groups excluding carboxylic acids is 2. The Kier molecular flexibility index (Phi) is 7.87. The smallest absolute Gasteiger partial charge is 0.411 e. The van der Waals surface area contributed by atoms with Gasteiger partial charge in [-0.25, -0.2) is 14.0 Å². The maximum Gasteiger partial charge on any atom is 0.411 e. The van der Waals surface area contributed by atoms with E-state index < -0.39 is 41.7 Å². The maximum absolute atomic E-state index is 14.7. The third kappa shape index (κ3) is 6.20. The molecule has 2 aromatic carbocycles.